The molecule has 5 heterocycles. The number of piperazine rings is 1. The van der Waals surface area contributed by atoms with Crippen LogP contribution in [0.5, 0.6) is 5.75 Å². The van der Waals surface area contributed by atoms with Gasteiger partial charge in [-0.3, -0.25) is 24.9 Å². The Morgan fingerprint density at radius 1 is 0.939 bits per heavy atom. The highest BCUT2D eigenvalue weighted by Crippen LogP contribution is 2.34. The maximum absolute atomic E-state index is 10.0. The van der Waals surface area contributed by atoms with Gasteiger partial charge in [0.15, 0.2) is 5.82 Å². The number of hydrogen-bond donors (Lipinski definition) is 3. The molecule has 2 aromatic carbocycles. The number of aliphatic hydroxyl groups excluding tert-OH is 1. The lowest BCUT2D eigenvalue weighted by molar-refractivity contribution is 0.0828. The Balaban J connectivity index is 1.05. The summed E-state index contributed by atoms with van der Waals surface area (Å²) < 4.78 is 7.95. The van der Waals surface area contributed by atoms with E-state index in [9.17, 15) is 5.11 Å². The lowest BCUT2D eigenvalue weighted by atomic mass is 9.93. The smallest absolute Gasteiger partial charge is 0.157 e. The second kappa shape index (κ2) is 13.9. The van der Waals surface area contributed by atoms with Crippen LogP contribution in [0.1, 0.15) is 42.9 Å². The van der Waals surface area contributed by atoms with Gasteiger partial charge in [0.2, 0.25) is 0 Å². The topological polar surface area (TPSA) is 120 Å². The molecular weight excluding hydrogens is 614 g/mol. The summed E-state index contributed by atoms with van der Waals surface area (Å²) in [5.74, 6) is 1.62. The molecule has 0 bridgehead atoms. The summed E-state index contributed by atoms with van der Waals surface area (Å²) in [7, 11) is 1.69. The summed E-state index contributed by atoms with van der Waals surface area (Å²) in [4.78, 5) is 18.4. The molecule has 2 fully saturated rings. The van der Waals surface area contributed by atoms with E-state index in [1.54, 1.807) is 13.3 Å². The molecule has 1 saturated carbocycles. The van der Waals surface area contributed by atoms with Crippen molar-refractivity contribution in [3.63, 3.8) is 0 Å². The SMILES string of the molecule is COc1ccncc1-c1ccc2[nH]nc(NC3CN(CCc4ccncc4)CCN3Cc3ccc4c(c3)ncn4C3CCC(O)CC3)c2c1. The van der Waals surface area contributed by atoms with E-state index < -0.39 is 0 Å². The first-order chi connectivity index (χ1) is 24.1. The molecule has 1 aliphatic heterocycles. The van der Waals surface area contributed by atoms with E-state index in [2.05, 4.69) is 83.3 Å². The van der Waals surface area contributed by atoms with Gasteiger partial charge in [-0.05, 0) is 91.3 Å². The van der Waals surface area contributed by atoms with Gasteiger partial charge in [0, 0.05) is 74.5 Å². The fourth-order valence-corrected chi connectivity index (χ4v) is 7.51. The van der Waals surface area contributed by atoms with Crippen LogP contribution in [0, 0.1) is 0 Å². The summed E-state index contributed by atoms with van der Waals surface area (Å²) in [6, 6.07) is 19.5. The highest BCUT2D eigenvalue weighted by Gasteiger charge is 2.29. The molecule has 1 aliphatic carbocycles. The minimum absolute atomic E-state index is 0.0381. The second-order valence-electron chi connectivity index (χ2n) is 13.4. The molecule has 252 valence electrons. The summed E-state index contributed by atoms with van der Waals surface area (Å²) in [6.45, 7) is 4.55. The maximum atomic E-state index is 10.0. The lowest BCUT2D eigenvalue weighted by Crippen LogP contribution is -2.56. The number of aromatic nitrogens is 6. The third-order valence-corrected chi connectivity index (χ3v) is 10.3. The zero-order chi connectivity index (χ0) is 33.2. The molecule has 4 aromatic heterocycles. The number of anilines is 1. The first-order valence-electron chi connectivity index (χ1n) is 17.3. The predicted molar refractivity (Wildman–Crippen MR) is 191 cm³/mol. The van der Waals surface area contributed by atoms with Gasteiger partial charge in [0.25, 0.3) is 0 Å². The van der Waals surface area contributed by atoms with Crippen molar-refractivity contribution in [2.45, 2.75) is 57.0 Å². The molecule has 1 unspecified atom stereocenters. The van der Waals surface area contributed by atoms with Crippen LogP contribution in [0.4, 0.5) is 5.82 Å². The van der Waals surface area contributed by atoms with Gasteiger partial charge in [-0.2, -0.15) is 5.10 Å². The van der Waals surface area contributed by atoms with Crippen molar-refractivity contribution < 1.29 is 9.84 Å². The Bertz CT molecular complexity index is 2020. The fourth-order valence-electron chi connectivity index (χ4n) is 7.51. The summed E-state index contributed by atoms with van der Waals surface area (Å²) >= 11 is 0. The van der Waals surface area contributed by atoms with Crippen LogP contribution < -0.4 is 10.1 Å². The van der Waals surface area contributed by atoms with E-state index in [0.717, 1.165) is 104 Å². The molecule has 0 radical (unpaired) electrons. The van der Waals surface area contributed by atoms with Crippen molar-refractivity contribution >= 4 is 27.8 Å². The lowest BCUT2D eigenvalue weighted by Gasteiger charge is -2.42. The third-order valence-electron chi connectivity index (χ3n) is 10.3. The van der Waals surface area contributed by atoms with E-state index in [0.29, 0.717) is 6.04 Å². The molecule has 11 heteroatoms. The Hall–Kier alpha value is -4.84. The van der Waals surface area contributed by atoms with Gasteiger partial charge in [0.05, 0.1) is 42.3 Å². The average molecular weight is 658 g/mol. The van der Waals surface area contributed by atoms with Gasteiger partial charge >= 0.3 is 0 Å². The minimum atomic E-state index is -0.165. The van der Waals surface area contributed by atoms with E-state index in [4.69, 9.17) is 14.8 Å². The molecule has 0 amide bonds. The van der Waals surface area contributed by atoms with Crippen LogP contribution in [0.2, 0.25) is 0 Å². The highest BCUT2D eigenvalue weighted by atomic mass is 16.5. The molecular formula is C38H43N9O2. The van der Waals surface area contributed by atoms with Crippen molar-refractivity contribution in [1.29, 1.82) is 0 Å². The number of aliphatic hydroxyl groups is 1. The van der Waals surface area contributed by atoms with Crippen molar-refractivity contribution in [3.8, 4) is 16.9 Å². The van der Waals surface area contributed by atoms with Gasteiger partial charge in [-0.1, -0.05) is 12.1 Å². The van der Waals surface area contributed by atoms with E-state index >= 15 is 0 Å². The van der Waals surface area contributed by atoms with Gasteiger partial charge in [-0.15, -0.1) is 0 Å². The molecule has 1 saturated heterocycles. The zero-order valence-electron chi connectivity index (χ0n) is 27.9. The zero-order valence-corrected chi connectivity index (χ0v) is 27.9. The number of rotatable bonds is 10. The summed E-state index contributed by atoms with van der Waals surface area (Å²) in [5, 5.41) is 22.9. The highest BCUT2D eigenvalue weighted by molar-refractivity contribution is 5.93. The number of methoxy groups -OCH3 is 1. The molecule has 3 N–H and O–H groups in total. The molecule has 11 nitrogen and oxygen atoms in total. The number of imidazole rings is 1. The summed E-state index contributed by atoms with van der Waals surface area (Å²) in [6.07, 6.45) is 13.9. The van der Waals surface area contributed by atoms with Crippen LogP contribution in [-0.4, -0.2) is 90.2 Å². The monoisotopic (exact) mass is 657 g/mol. The van der Waals surface area contributed by atoms with Gasteiger partial charge < -0.3 is 19.7 Å². The number of hydrogen-bond acceptors (Lipinski definition) is 9. The van der Waals surface area contributed by atoms with Gasteiger partial charge in [-0.25, -0.2) is 4.98 Å². The molecule has 8 rings (SSSR count). The van der Waals surface area contributed by atoms with Gasteiger partial charge in [0.1, 0.15) is 5.75 Å². The van der Waals surface area contributed by atoms with Crippen molar-refractivity contribution in [3.05, 3.63) is 96.8 Å². The maximum Gasteiger partial charge on any atom is 0.157 e. The second-order valence-corrected chi connectivity index (χ2v) is 13.4. The number of H-pyrrole nitrogens is 1. The largest absolute Gasteiger partial charge is 0.496 e. The summed E-state index contributed by atoms with van der Waals surface area (Å²) in [5.41, 5.74) is 7.69. The van der Waals surface area contributed by atoms with Crippen molar-refractivity contribution in [2.75, 3.05) is 38.6 Å². The van der Waals surface area contributed by atoms with Crippen LogP contribution in [0.15, 0.2) is 85.7 Å². The molecule has 0 spiro atoms. The number of aromatic amines is 1. The Kier molecular flexibility index (Phi) is 8.95. The van der Waals surface area contributed by atoms with Crippen molar-refractivity contribution in [1.82, 2.24) is 39.5 Å². The first kappa shape index (κ1) is 31.4. The third kappa shape index (κ3) is 6.74. The standard InChI is InChI=1S/C38H43N9O2/c1-49-36-12-16-40-22-32(36)28-3-8-33-31(21-28)38(44-43-33)42-37-24-45(17-13-26-10-14-39-15-11-26)18-19-46(37)23-27-2-9-35-34(20-27)41-25-47(35)29-4-6-30(48)7-5-29/h2-3,8-12,14-16,20-22,25,29-30,37,48H,4-7,13,17-19,23-24H2,1H3,(H2,42,43,44). The van der Waals surface area contributed by atoms with Crippen LogP contribution in [-0.2, 0) is 13.0 Å². The predicted octanol–water partition coefficient (Wildman–Crippen LogP) is 5.65. The Morgan fingerprint density at radius 3 is 2.65 bits per heavy atom. The minimum Gasteiger partial charge on any atom is -0.496 e. The fraction of sp³-hybridized carbons (Fsp3) is 0.368. The first-order valence-corrected chi connectivity index (χ1v) is 17.3. The van der Waals surface area contributed by atoms with E-state index in [-0.39, 0.29) is 12.3 Å². The normalized spacial score (nSPS) is 20.6. The van der Waals surface area contributed by atoms with Crippen LogP contribution in [0.25, 0.3) is 33.1 Å². The van der Waals surface area contributed by atoms with Crippen LogP contribution in [0.3, 0.4) is 0 Å². The number of ether oxygens (including phenoxy) is 1. The number of nitrogens with zero attached hydrogens (tertiary/aromatic N) is 7. The average Bonchev–Trinajstić information content (AvgIpc) is 3.76. The van der Waals surface area contributed by atoms with E-state index in [1.807, 2.05) is 31.0 Å². The quantitative estimate of drug-likeness (QED) is 0.172. The number of fused-ring (bicyclic) bond motifs is 2. The molecule has 6 aromatic rings. The van der Waals surface area contributed by atoms with E-state index in [1.165, 1.54) is 16.6 Å². The molecule has 2 aliphatic rings. The Morgan fingerprint density at radius 2 is 1.80 bits per heavy atom. The molecule has 49 heavy (non-hydrogen) atoms. The number of nitrogens with one attached hydrogen (secondary N) is 2. The number of pyridine rings is 2. The van der Waals surface area contributed by atoms with Crippen LogP contribution >= 0.6 is 0 Å². The number of benzene rings is 2. The molecule has 1 atom stereocenters. The Labute approximate surface area is 286 Å². The van der Waals surface area contributed by atoms with Crippen molar-refractivity contribution in [2.24, 2.45) is 0 Å².